The SMILES string of the molecule is Cc1cc(C2CCC2CNCC(C)C)cs1. The summed E-state index contributed by atoms with van der Waals surface area (Å²) in [6.45, 7) is 9.11. The lowest BCUT2D eigenvalue weighted by Crippen LogP contribution is -2.35. The molecule has 1 saturated carbocycles. The van der Waals surface area contributed by atoms with E-state index in [1.54, 1.807) is 5.56 Å². The second-order valence-corrected chi connectivity index (χ2v) is 6.60. The van der Waals surface area contributed by atoms with E-state index in [4.69, 9.17) is 0 Å². The standard InChI is InChI=1S/C14H23NS/c1-10(2)7-15-8-12-4-5-14(12)13-6-11(3)16-9-13/h6,9-10,12,14-15H,4-5,7-8H2,1-3H3. The Hall–Kier alpha value is -0.340. The minimum absolute atomic E-state index is 0.766. The minimum Gasteiger partial charge on any atom is -0.316 e. The Morgan fingerprint density at radius 2 is 2.25 bits per heavy atom. The van der Waals surface area contributed by atoms with E-state index in [0.717, 1.165) is 24.3 Å². The molecule has 1 aliphatic carbocycles. The van der Waals surface area contributed by atoms with Crippen molar-refractivity contribution < 1.29 is 0 Å². The molecule has 0 spiro atoms. The predicted molar refractivity (Wildman–Crippen MR) is 72.2 cm³/mol. The van der Waals surface area contributed by atoms with Gasteiger partial charge in [0.2, 0.25) is 0 Å². The topological polar surface area (TPSA) is 12.0 Å². The molecule has 1 N–H and O–H groups in total. The first-order valence-corrected chi connectivity index (χ1v) is 7.30. The van der Waals surface area contributed by atoms with Crippen molar-refractivity contribution in [3.8, 4) is 0 Å². The molecule has 2 atom stereocenters. The molecular weight excluding hydrogens is 214 g/mol. The van der Waals surface area contributed by atoms with Crippen LogP contribution in [0.4, 0.5) is 0 Å². The average Bonchev–Trinajstić information content (AvgIpc) is 2.57. The molecule has 0 radical (unpaired) electrons. The van der Waals surface area contributed by atoms with Gasteiger partial charge in [0, 0.05) is 4.88 Å². The van der Waals surface area contributed by atoms with Crippen LogP contribution >= 0.6 is 11.3 Å². The number of hydrogen-bond donors (Lipinski definition) is 1. The van der Waals surface area contributed by atoms with E-state index in [1.165, 1.54) is 24.3 Å². The van der Waals surface area contributed by atoms with Crippen LogP contribution in [0.25, 0.3) is 0 Å². The smallest absolute Gasteiger partial charge is 0.00171 e. The highest BCUT2D eigenvalue weighted by atomic mass is 32.1. The zero-order valence-electron chi connectivity index (χ0n) is 10.6. The van der Waals surface area contributed by atoms with Gasteiger partial charge in [-0.3, -0.25) is 0 Å². The molecule has 1 aromatic rings. The molecule has 0 bridgehead atoms. The molecule has 1 nitrogen and oxygen atoms in total. The monoisotopic (exact) mass is 237 g/mol. The molecule has 1 fully saturated rings. The third kappa shape index (κ3) is 2.86. The molecule has 1 aromatic heterocycles. The second-order valence-electron chi connectivity index (χ2n) is 5.49. The van der Waals surface area contributed by atoms with Crippen LogP contribution in [-0.2, 0) is 0 Å². The molecule has 2 heteroatoms. The fourth-order valence-corrected chi connectivity index (χ4v) is 3.24. The lowest BCUT2D eigenvalue weighted by molar-refractivity contribution is 0.244. The van der Waals surface area contributed by atoms with E-state index in [2.05, 4.69) is 37.5 Å². The van der Waals surface area contributed by atoms with Crippen LogP contribution < -0.4 is 5.32 Å². The first kappa shape index (κ1) is 12.1. The Labute approximate surface area is 103 Å². The van der Waals surface area contributed by atoms with Crippen molar-refractivity contribution in [2.45, 2.75) is 39.5 Å². The van der Waals surface area contributed by atoms with E-state index in [-0.39, 0.29) is 0 Å². The molecule has 90 valence electrons. The molecule has 0 amide bonds. The molecule has 0 aromatic carbocycles. The Morgan fingerprint density at radius 1 is 1.44 bits per heavy atom. The summed E-state index contributed by atoms with van der Waals surface area (Å²) in [4.78, 5) is 1.45. The van der Waals surface area contributed by atoms with Gasteiger partial charge in [0.25, 0.3) is 0 Å². The van der Waals surface area contributed by atoms with Crippen molar-refractivity contribution in [3.63, 3.8) is 0 Å². The van der Waals surface area contributed by atoms with Crippen LogP contribution in [0.2, 0.25) is 0 Å². The first-order chi connectivity index (χ1) is 7.66. The van der Waals surface area contributed by atoms with E-state index < -0.39 is 0 Å². The van der Waals surface area contributed by atoms with Gasteiger partial charge < -0.3 is 5.32 Å². The van der Waals surface area contributed by atoms with Crippen LogP contribution in [-0.4, -0.2) is 13.1 Å². The lowest BCUT2D eigenvalue weighted by Gasteiger charge is -2.37. The number of nitrogens with one attached hydrogen (secondary N) is 1. The summed E-state index contributed by atoms with van der Waals surface area (Å²) in [6, 6.07) is 2.38. The van der Waals surface area contributed by atoms with Crippen LogP contribution in [0.15, 0.2) is 11.4 Å². The van der Waals surface area contributed by atoms with Gasteiger partial charge >= 0.3 is 0 Å². The molecule has 1 aliphatic rings. The van der Waals surface area contributed by atoms with Crippen molar-refractivity contribution in [3.05, 3.63) is 21.9 Å². The summed E-state index contributed by atoms with van der Waals surface area (Å²) in [6.07, 6.45) is 2.80. The van der Waals surface area contributed by atoms with E-state index in [1.807, 2.05) is 11.3 Å². The van der Waals surface area contributed by atoms with Crippen molar-refractivity contribution in [2.24, 2.45) is 11.8 Å². The zero-order valence-corrected chi connectivity index (χ0v) is 11.4. The normalized spacial score (nSPS) is 24.8. The molecule has 16 heavy (non-hydrogen) atoms. The number of aryl methyl sites for hydroxylation is 1. The van der Waals surface area contributed by atoms with Gasteiger partial charge in [-0.2, -0.15) is 0 Å². The Bertz CT molecular complexity index is 329. The van der Waals surface area contributed by atoms with E-state index in [0.29, 0.717) is 0 Å². The fourth-order valence-electron chi connectivity index (χ4n) is 2.47. The summed E-state index contributed by atoms with van der Waals surface area (Å²) in [5.41, 5.74) is 1.59. The van der Waals surface area contributed by atoms with Gasteiger partial charge in [-0.05, 0) is 67.6 Å². The third-order valence-electron chi connectivity index (χ3n) is 3.56. The molecule has 0 aliphatic heterocycles. The van der Waals surface area contributed by atoms with Gasteiger partial charge in [0.15, 0.2) is 0 Å². The molecule has 1 heterocycles. The maximum absolute atomic E-state index is 3.60. The molecular formula is C14H23NS. The molecule has 2 rings (SSSR count). The Kier molecular flexibility index (Phi) is 4.04. The van der Waals surface area contributed by atoms with Gasteiger partial charge in [-0.15, -0.1) is 11.3 Å². The Morgan fingerprint density at radius 3 is 2.75 bits per heavy atom. The summed E-state index contributed by atoms with van der Waals surface area (Å²) < 4.78 is 0. The number of hydrogen-bond acceptors (Lipinski definition) is 2. The van der Waals surface area contributed by atoms with Gasteiger partial charge in [-0.1, -0.05) is 13.8 Å². The number of thiophene rings is 1. The van der Waals surface area contributed by atoms with Crippen LogP contribution in [0.1, 0.15) is 43.0 Å². The quantitative estimate of drug-likeness (QED) is 0.821. The average molecular weight is 237 g/mol. The maximum Gasteiger partial charge on any atom is 0.00171 e. The molecule has 0 saturated heterocycles. The van der Waals surface area contributed by atoms with Crippen molar-refractivity contribution in [2.75, 3.05) is 13.1 Å². The van der Waals surface area contributed by atoms with Crippen LogP contribution in [0, 0.1) is 18.8 Å². The summed E-state index contributed by atoms with van der Waals surface area (Å²) in [7, 11) is 0. The lowest BCUT2D eigenvalue weighted by atomic mass is 9.70. The molecule has 2 unspecified atom stereocenters. The predicted octanol–water partition coefficient (Wildman–Crippen LogP) is 3.80. The van der Waals surface area contributed by atoms with Crippen molar-refractivity contribution in [1.82, 2.24) is 5.32 Å². The van der Waals surface area contributed by atoms with Gasteiger partial charge in [-0.25, -0.2) is 0 Å². The highest BCUT2D eigenvalue weighted by molar-refractivity contribution is 7.10. The highest BCUT2D eigenvalue weighted by Gasteiger charge is 2.31. The Balaban J connectivity index is 1.80. The third-order valence-corrected chi connectivity index (χ3v) is 4.44. The maximum atomic E-state index is 3.60. The van der Waals surface area contributed by atoms with Crippen LogP contribution in [0.5, 0.6) is 0 Å². The van der Waals surface area contributed by atoms with Gasteiger partial charge in [0.05, 0.1) is 0 Å². The van der Waals surface area contributed by atoms with Crippen molar-refractivity contribution in [1.29, 1.82) is 0 Å². The summed E-state index contributed by atoms with van der Waals surface area (Å²) in [5.74, 6) is 2.49. The minimum atomic E-state index is 0.766. The van der Waals surface area contributed by atoms with Gasteiger partial charge in [0.1, 0.15) is 0 Å². The second kappa shape index (κ2) is 5.33. The largest absolute Gasteiger partial charge is 0.316 e. The van der Waals surface area contributed by atoms with Crippen LogP contribution in [0.3, 0.4) is 0 Å². The zero-order chi connectivity index (χ0) is 11.5. The van der Waals surface area contributed by atoms with Crippen molar-refractivity contribution >= 4 is 11.3 Å². The fraction of sp³-hybridized carbons (Fsp3) is 0.714. The highest BCUT2D eigenvalue weighted by Crippen LogP contribution is 2.43. The number of rotatable bonds is 5. The van der Waals surface area contributed by atoms with E-state index in [9.17, 15) is 0 Å². The summed E-state index contributed by atoms with van der Waals surface area (Å²) in [5, 5.41) is 5.95. The van der Waals surface area contributed by atoms with E-state index >= 15 is 0 Å². The first-order valence-electron chi connectivity index (χ1n) is 6.42. The summed E-state index contributed by atoms with van der Waals surface area (Å²) >= 11 is 1.89.